The third-order valence-electron chi connectivity index (χ3n) is 6.22. The lowest BCUT2D eigenvalue weighted by Gasteiger charge is -2.57. The molecule has 4 rings (SSSR count). The quantitative estimate of drug-likeness (QED) is 0.655. The Morgan fingerprint density at radius 3 is 1.90 bits per heavy atom. The lowest BCUT2D eigenvalue weighted by atomic mass is 9.53. The molecule has 4 bridgehead atoms. The van der Waals surface area contributed by atoms with Gasteiger partial charge in [-0.3, -0.25) is 10.2 Å². The number of carboxylic acid groups (broad SMARTS) is 1. The normalized spacial score (nSPS) is 39.2. The Morgan fingerprint density at radius 2 is 1.55 bits per heavy atom. The highest BCUT2D eigenvalue weighted by Crippen LogP contribution is 2.55. The summed E-state index contributed by atoms with van der Waals surface area (Å²) in [6, 6.07) is 0. The van der Waals surface area contributed by atoms with E-state index < -0.39 is 11.5 Å². The average Bonchev–Trinajstić information content (AvgIpc) is 2.38. The Morgan fingerprint density at radius 1 is 1.10 bits per heavy atom. The van der Waals surface area contributed by atoms with E-state index in [9.17, 15) is 9.90 Å². The molecule has 3 N–H and O–H groups in total. The number of carboxylic acids is 1. The van der Waals surface area contributed by atoms with Gasteiger partial charge in [-0.1, -0.05) is 13.8 Å². The van der Waals surface area contributed by atoms with E-state index in [1.165, 1.54) is 38.5 Å². The van der Waals surface area contributed by atoms with Gasteiger partial charge in [0.25, 0.3) is 0 Å². The van der Waals surface area contributed by atoms with Gasteiger partial charge < -0.3 is 5.11 Å². The maximum atomic E-state index is 11.6. The molecule has 0 aromatic heterocycles. The van der Waals surface area contributed by atoms with E-state index in [1.807, 2.05) is 13.8 Å². The first kappa shape index (κ1) is 14.3. The number of nitrogens with one attached hydrogen (secondary N) is 2. The molecule has 0 aromatic rings. The highest BCUT2D eigenvalue weighted by atomic mass is 16.4. The van der Waals surface area contributed by atoms with Crippen molar-refractivity contribution < 1.29 is 9.90 Å². The molecular formula is C16H28N2O2. The predicted octanol–water partition coefficient (Wildman–Crippen LogP) is 2.69. The van der Waals surface area contributed by atoms with E-state index in [4.69, 9.17) is 0 Å². The van der Waals surface area contributed by atoms with Gasteiger partial charge in [-0.05, 0) is 69.1 Å². The number of aliphatic carboxylic acids is 1. The number of hydrogen-bond acceptors (Lipinski definition) is 3. The smallest absolute Gasteiger partial charge is 0.325 e. The molecule has 4 aliphatic carbocycles. The summed E-state index contributed by atoms with van der Waals surface area (Å²) in [6.45, 7) is 3.90. The van der Waals surface area contributed by atoms with Crippen LogP contribution in [0.3, 0.4) is 0 Å². The zero-order valence-electron chi connectivity index (χ0n) is 12.7. The lowest BCUT2D eigenvalue weighted by Crippen LogP contribution is -2.67. The molecule has 4 saturated carbocycles. The fourth-order valence-electron chi connectivity index (χ4n) is 5.30. The molecule has 0 unspecified atom stereocenters. The molecule has 0 amide bonds. The summed E-state index contributed by atoms with van der Waals surface area (Å²) in [5.41, 5.74) is 6.11. The highest BCUT2D eigenvalue weighted by Gasteiger charge is 2.51. The molecule has 0 atom stereocenters. The van der Waals surface area contributed by atoms with E-state index >= 15 is 0 Å². The first-order chi connectivity index (χ1) is 9.51. The van der Waals surface area contributed by atoms with Crippen molar-refractivity contribution in [3.8, 4) is 0 Å². The zero-order chi connectivity index (χ0) is 14.4. The molecule has 0 aliphatic heterocycles. The van der Waals surface area contributed by atoms with Crippen LogP contribution in [0.5, 0.6) is 0 Å². The summed E-state index contributed by atoms with van der Waals surface area (Å²) in [5, 5.41) is 9.53. The minimum Gasteiger partial charge on any atom is -0.480 e. The van der Waals surface area contributed by atoms with Gasteiger partial charge in [0.05, 0.1) is 0 Å². The average molecular weight is 280 g/mol. The van der Waals surface area contributed by atoms with Crippen LogP contribution in [0.15, 0.2) is 0 Å². The Balaban J connectivity index is 1.70. The molecule has 4 heteroatoms. The van der Waals surface area contributed by atoms with E-state index in [0.29, 0.717) is 12.8 Å². The Hall–Kier alpha value is -0.610. The fraction of sp³-hybridized carbons (Fsp3) is 0.938. The monoisotopic (exact) mass is 280 g/mol. The number of hydrazine groups is 1. The second kappa shape index (κ2) is 4.99. The molecule has 0 saturated heterocycles. The predicted molar refractivity (Wildman–Crippen MR) is 78.1 cm³/mol. The van der Waals surface area contributed by atoms with Crippen molar-refractivity contribution in [1.29, 1.82) is 0 Å². The molecule has 0 aromatic carbocycles. The summed E-state index contributed by atoms with van der Waals surface area (Å²) < 4.78 is 0. The molecule has 4 fully saturated rings. The molecule has 20 heavy (non-hydrogen) atoms. The Kier molecular flexibility index (Phi) is 3.57. The van der Waals surface area contributed by atoms with Gasteiger partial charge in [0.2, 0.25) is 0 Å². The van der Waals surface area contributed by atoms with E-state index in [1.54, 1.807) is 0 Å². The molecule has 114 valence electrons. The van der Waals surface area contributed by atoms with Crippen LogP contribution in [0.1, 0.15) is 65.2 Å². The summed E-state index contributed by atoms with van der Waals surface area (Å²) in [7, 11) is 0. The third kappa shape index (κ3) is 2.27. The van der Waals surface area contributed by atoms with Gasteiger partial charge in [0, 0.05) is 5.54 Å². The van der Waals surface area contributed by atoms with Crippen molar-refractivity contribution in [3.05, 3.63) is 0 Å². The molecule has 0 spiro atoms. The molecule has 4 aliphatic rings. The SMILES string of the molecule is CCC(CC)(NNC12CC3CC(CC(C3)C1)C2)C(=O)O. The third-order valence-corrected chi connectivity index (χ3v) is 6.22. The van der Waals surface area contributed by atoms with Gasteiger partial charge >= 0.3 is 5.97 Å². The van der Waals surface area contributed by atoms with Crippen LogP contribution in [-0.4, -0.2) is 22.2 Å². The van der Waals surface area contributed by atoms with Crippen molar-refractivity contribution >= 4 is 5.97 Å². The number of rotatable bonds is 6. The van der Waals surface area contributed by atoms with Gasteiger partial charge in [-0.2, -0.15) is 0 Å². The lowest BCUT2D eigenvalue weighted by molar-refractivity contribution is -0.146. The summed E-state index contributed by atoms with van der Waals surface area (Å²) in [4.78, 5) is 11.6. The summed E-state index contributed by atoms with van der Waals surface area (Å²) >= 11 is 0. The topological polar surface area (TPSA) is 61.4 Å². The van der Waals surface area contributed by atoms with Gasteiger partial charge in [-0.15, -0.1) is 0 Å². The van der Waals surface area contributed by atoms with Crippen LogP contribution in [0.4, 0.5) is 0 Å². The van der Waals surface area contributed by atoms with Gasteiger partial charge in [0.1, 0.15) is 5.54 Å². The standard InChI is InChI=1S/C16H28N2O2/c1-3-16(4-2,14(19)20)18-17-15-8-11-5-12(9-15)7-13(6-11)10-15/h11-13,17-18H,3-10H2,1-2H3,(H,19,20). The summed E-state index contributed by atoms with van der Waals surface area (Å²) in [5.74, 6) is 1.88. The molecule has 0 heterocycles. The largest absolute Gasteiger partial charge is 0.480 e. The number of carbonyl (C=O) groups is 1. The van der Waals surface area contributed by atoms with Crippen LogP contribution < -0.4 is 10.9 Å². The van der Waals surface area contributed by atoms with Crippen LogP contribution in [0, 0.1) is 17.8 Å². The van der Waals surface area contributed by atoms with E-state index in [0.717, 1.165) is 17.8 Å². The van der Waals surface area contributed by atoms with Crippen LogP contribution >= 0.6 is 0 Å². The van der Waals surface area contributed by atoms with Crippen molar-refractivity contribution in [2.45, 2.75) is 76.3 Å². The van der Waals surface area contributed by atoms with Crippen LogP contribution in [-0.2, 0) is 4.79 Å². The van der Waals surface area contributed by atoms with Crippen molar-refractivity contribution in [2.75, 3.05) is 0 Å². The maximum Gasteiger partial charge on any atom is 0.325 e. The molecular weight excluding hydrogens is 252 g/mol. The molecule has 0 radical (unpaired) electrons. The Bertz CT molecular complexity index is 355. The first-order valence-corrected chi connectivity index (χ1v) is 8.28. The minimum absolute atomic E-state index is 0.166. The second-order valence-electron chi connectivity index (χ2n) is 7.54. The molecule has 4 nitrogen and oxygen atoms in total. The van der Waals surface area contributed by atoms with Crippen molar-refractivity contribution in [1.82, 2.24) is 10.9 Å². The second-order valence-corrected chi connectivity index (χ2v) is 7.54. The highest BCUT2D eigenvalue weighted by molar-refractivity contribution is 5.78. The zero-order valence-corrected chi connectivity index (χ0v) is 12.7. The van der Waals surface area contributed by atoms with Crippen LogP contribution in [0.25, 0.3) is 0 Å². The fourth-order valence-corrected chi connectivity index (χ4v) is 5.30. The summed E-state index contributed by atoms with van der Waals surface area (Å²) in [6.07, 6.45) is 9.14. The van der Waals surface area contributed by atoms with Gasteiger partial charge in [0.15, 0.2) is 0 Å². The van der Waals surface area contributed by atoms with Crippen LogP contribution in [0.2, 0.25) is 0 Å². The van der Waals surface area contributed by atoms with E-state index in [2.05, 4.69) is 10.9 Å². The minimum atomic E-state index is -0.816. The number of hydrogen-bond donors (Lipinski definition) is 3. The van der Waals surface area contributed by atoms with Crippen molar-refractivity contribution in [3.63, 3.8) is 0 Å². The van der Waals surface area contributed by atoms with Gasteiger partial charge in [-0.25, -0.2) is 5.43 Å². The maximum absolute atomic E-state index is 11.6. The first-order valence-electron chi connectivity index (χ1n) is 8.28. The van der Waals surface area contributed by atoms with Crippen molar-refractivity contribution in [2.24, 2.45) is 17.8 Å². The Labute approximate surface area is 121 Å². The van der Waals surface area contributed by atoms with E-state index in [-0.39, 0.29) is 5.54 Å².